The normalized spacial score (nSPS) is 25.3. The summed E-state index contributed by atoms with van der Waals surface area (Å²) in [4.78, 5) is 11.4. The molecular weight excluding hydrogens is 422 g/mol. The number of amides is 1. The highest BCUT2D eigenvalue weighted by molar-refractivity contribution is 5.73. The van der Waals surface area contributed by atoms with Crippen molar-refractivity contribution in [3.8, 4) is 0 Å². The second-order valence-corrected chi connectivity index (χ2v) is 9.61. The van der Waals surface area contributed by atoms with Gasteiger partial charge in [0.05, 0.1) is 6.61 Å². The summed E-state index contributed by atoms with van der Waals surface area (Å²) in [6.45, 7) is 3.62. The maximum Gasteiger partial charge on any atom is 0.217 e. The molecule has 1 amide bonds. The molecule has 1 fully saturated rings. The Balaban J connectivity index is 2.01. The first kappa shape index (κ1) is 30.3. The van der Waals surface area contributed by atoms with Crippen LogP contribution < -0.4 is 5.32 Å². The summed E-state index contributed by atoms with van der Waals surface area (Å²) in [7, 11) is 0. The molecule has 0 aromatic heterocycles. The molecule has 0 aromatic rings. The number of carbonyl (C=O) groups excluding carboxylic acids is 1. The van der Waals surface area contributed by atoms with E-state index >= 15 is 0 Å². The third kappa shape index (κ3) is 13.7. The van der Waals surface area contributed by atoms with Crippen molar-refractivity contribution in [2.24, 2.45) is 0 Å². The predicted octanol–water partition coefficient (Wildman–Crippen LogP) is 4.21. The van der Waals surface area contributed by atoms with Gasteiger partial charge < -0.3 is 30.1 Å². The van der Waals surface area contributed by atoms with E-state index in [4.69, 9.17) is 9.47 Å². The van der Waals surface area contributed by atoms with E-state index in [-0.39, 0.29) is 5.91 Å². The van der Waals surface area contributed by atoms with Crippen LogP contribution in [0, 0.1) is 0 Å². The zero-order chi connectivity index (χ0) is 24.3. The number of hydrogen-bond acceptors (Lipinski definition) is 6. The summed E-state index contributed by atoms with van der Waals surface area (Å²) in [5, 5.41) is 32.2. The number of aliphatic hydroxyl groups is 3. The summed E-state index contributed by atoms with van der Waals surface area (Å²) < 4.78 is 11.3. The van der Waals surface area contributed by atoms with Crippen LogP contribution in [0.4, 0.5) is 0 Å². The van der Waals surface area contributed by atoms with Gasteiger partial charge in [0.2, 0.25) is 5.91 Å². The largest absolute Gasteiger partial charge is 0.394 e. The average molecular weight is 474 g/mol. The van der Waals surface area contributed by atoms with Gasteiger partial charge in [-0.05, 0) is 6.42 Å². The van der Waals surface area contributed by atoms with Gasteiger partial charge in [-0.15, -0.1) is 0 Å². The van der Waals surface area contributed by atoms with Crippen molar-refractivity contribution < 1.29 is 29.6 Å². The lowest BCUT2D eigenvalue weighted by atomic mass is 9.97. The van der Waals surface area contributed by atoms with E-state index in [2.05, 4.69) is 12.2 Å². The summed E-state index contributed by atoms with van der Waals surface area (Å²) in [6, 6.07) is -0.860. The van der Waals surface area contributed by atoms with Gasteiger partial charge in [-0.1, -0.05) is 103 Å². The molecule has 5 atom stereocenters. The van der Waals surface area contributed by atoms with Gasteiger partial charge in [-0.25, -0.2) is 0 Å². The second kappa shape index (κ2) is 19.6. The maximum atomic E-state index is 11.4. The molecule has 1 rings (SSSR count). The molecule has 196 valence electrons. The van der Waals surface area contributed by atoms with E-state index < -0.39 is 37.3 Å². The highest BCUT2D eigenvalue weighted by Crippen LogP contribution is 2.22. The van der Waals surface area contributed by atoms with Crippen molar-refractivity contribution in [2.45, 2.75) is 147 Å². The third-order valence-electron chi connectivity index (χ3n) is 6.53. The quantitative estimate of drug-likeness (QED) is 0.197. The number of aliphatic hydroxyl groups excluding tert-OH is 3. The topological polar surface area (TPSA) is 108 Å². The smallest absolute Gasteiger partial charge is 0.217 e. The van der Waals surface area contributed by atoms with Crippen molar-refractivity contribution in [3.63, 3.8) is 0 Å². The molecule has 0 spiro atoms. The van der Waals surface area contributed by atoms with Crippen LogP contribution in [0.5, 0.6) is 0 Å². The Morgan fingerprint density at radius 3 is 1.67 bits per heavy atom. The number of unbranched alkanes of at least 4 members (excludes halogenated alkanes) is 15. The van der Waals surface area contributed by atoms with Crippen molar-refractivity contribution >= 4 is 5.91 Å². The number of ether oxygens (including phenoxy) is 2. The number of carbonyl (C=O) groups is 1. The molecule has 1 saturated heterocycles. The minimum atomic E-state index is -1.28. The molecule has 7 nitrogen and oxygen atoms in total. The summed E-state index contributed by atoms with van der Waals surface area (Å²) in [5.41, 5.74) is 0. The van der Waals surface area contributed by atoms with Crippen LogP contribution in [0.2, 0.25) is 0 Å². The molecule has 7 heteroatoms. The van der Waals surface area contributed by atoms with Crippen molar-refractivity contribution in [1.82, 2.24) is 5.32 Å². The molecule has 0 aliphatic carbocycles. The summed E-state index contributed by atoms with van der Waals surface area (Å²) in [5.74, 6) is -0.340. The monoisotopic (exact) mass is 473 g/mol. The maximum absolute atomic E-state index is 11.4. The van der Waals surface area contributed by atoms with E-state index in [0.717, 1.165) is 12.8 Å². The van der Waals surface area contributed by atoms with E-state index in [1.807, 2.05) is 0 Å². The van der Waals surface area contributed by atoms with Crippen molar-refractivity contribution in [3.05, 3.63) is 0 Å². The molecule has 1 aliphatic heterocycles. The fourth-order valence-corrected chi connectivity index (χ4v) is 4.46. The molecule has 0 saturated carbocycles. The number of rotatable bonds is 20. The fraction of sp³-hybridized carbons (Fsp3) is 0.962. The summed E-state index contributed by atoms with van der Waals surface area (Å²) in [6.07, 6.45) is 16.5. The van der Waals surface area contributed by atoms with Crippen LogP contribution in [0.15, 0.2) is 0 Å². The van der Waals surface area contributed by atoms with Gasteiger partial charge in [-0.3, -0.25) is 4.79 Å². The van der Waals surface area contributed by atoms with E-state index in [1.54, 1.807) is 0 Å². The summed E-state index contributed by atoms with van der Waals surface area (Å²) >= 11 is 0. The van der Waals surface area contributed by atoms with Crippen molar-refractivity contribution in [1.29, 1.82) is 0 Å². The molecule has 0 aromatic carbocycles. The molecule has 4 N–H and O–H groups in total. The lowest BCUT2D eigenvalue weighted by molar-refractivity contribution is -0.270. The van der Waals surface area contributed by atoms with Crippen LogP contribution in [-0.2, 0) is 14.3 Å². The van der Waals surface area contributed by atoms with Crippen LogP contribution in [0.1, 0.15) is 117 Å². The van der Waals surface area contributed by atoms with Crippen LogP contribution in [-0.4, -0.2) is 65.1 Å². The van der Waals surface area contributed by atoms with Gasteiger partial charge in [0, 0.05) is 13.5 Å². The minimum absolute atomic E-state index is 0.340. The Morgan fingerprint density at radius 2 is 1.24 bits per heavy atom. The van der Waals surface area contributed by atoms with Gasteiger partial charge in [0.25, 0.3) is 0 Å². The van der Waals surface area contributed by atoms with Gasteiger partial charge in [0.1, 0.15) is 24.4 Å². The number of nitrogens with one attached hydrogen (secondary N) is 1. The van der Waals surface area contributed by atoms with Crippen LogP contribution in [0.25, 0.3) is 0 Å². The Morgan fingerprint density at radius 1 is 0.788 bits per heavy atom. The molecule has 33 heavy (non-hydrogen) atoms. The molecule has 1 aliphatic rings. The predicted molar refractivity (Wildman–Crippen MR) is 131 cm³/mol. The Kier molecular flexibility index (Phi) is 18.0. The Hall–Kier alpha value is -0.730. The van der Waals surface area contributed by atoms with Gasteiger partial charge in [0.15, 0.2) is 6.29 Å². The lowest BCUT2D eigenvalue weighted by Gasteiger charge is -2.42. The molecule has 0 bridgehead atoms. The zero-order valence-electron chi connectivity index (χ0n) is 21.2. The van der Waals surface area contributed by atoms with Crippen LogP contribution in [0.3, 0.4) is 0 Å². The molecule has 1 heterocycles. The molecule has 0 radical (unpaired) electrons. The minimum Gasteiger partial charge on any atom is -0.394 e. The van der Waals surface area contributed by atoms with Gasteiger partial charge >= 0.3 is 0 Å². The van der Waals surface area contributed by atoms with E-state index in [9.17, 15) is 20.1 Å². The zero-order valence-corrected chi connectivity index (χ0v) is 21.2. The molecular formula is C26H51NO6. The first-order valence-electron chi connectivity index (χ1n) is 13.5. The standard InChI is InChI=1S/C26H51NO6/c1-3-4-5-6-7-8-9-10-11-12-13-14-15-16-17-18-19-32-26-23(27-21(2)29)25(31)24(30)22(20-28)33-26/h22-26,28,30-31H,3-20H2,1-2H3,(H,27,29)/t22-,23-,24+,25-,26-/m1/s1. The lowest BCUT2D eigenvalue weighted by Crippen LogP contribution is -2.64. The number of hydrogen-bond donors (Lipinski definition) is 4. The van der Waals surface area contributed by atoms with Crippen LogP contribution >= 0.6 is 0 Å². The average Bonchev–Trinajstić information content (AvgIpc) is 2.80. The molecule has 0 unspecified atom stereocenters. The third-order valence-corrected chi connectivity index (χ3v) is 6.53. The fourth-order valence-electron chi connectivity index (χ4n) is 4.46. The Labute approximate surface area is 201 Å². The Bertz CT molecular complexity index is 478. The van der Waals surface area contributed by atoms with Crippen molar-refractivity contribution in [2.75, 3.05) is 13.2 Å². The van der Waals surface area contributed by atoms with Gasteiger partial charge in [-0.2, -0.15) is 0 Å². The highest BCUT2D eigenvalue weighted by Gasteiger charge is 2.45. The first-order valence-corrected chi connectivity index (χ1v) is 13.5. The van der Waals surface area contributed by atoms with E-state index in [0.29, 0.717) is 6.61 Å². The highest BCUT2D eigenvalue weighted by atomic mass is 16.7. The first-order chi connectivity index (χ1) is 16.0. The SMILES string of the molecule is CCCCCCCCCCCCCCCCCCO[C@@H]1O[C@H](CO)[C@H](O)[C@H](O)[C@H]1NC(C)=O. The van der Waals surface area contributed by atoms with E-state index in [1.165, 1.54) is 96.8 Å². The second-order valence-electron chi connectivity index (χ2n) is 9.61.